The normalized spacial score (nSPS) is 13.1. The minimum Gasteiger partial charge on any atom is -0.363 e. The van der Waals surface area contributed by atoms with E-state index in [9.17, 15) is 13.2 Å². The van der Waals surface area contributed by atoms with E-state index in [1.807, 2.05) is 38.1 Å². The van der Waals surface area contributed by atoms with Crippen molar-refractivity contribution in [2.24, 2.45) is 4.99 Å². The van der Waals surface area contributed by atoms with Gasteiger partial charge in [-0.25, -0.2) is 4.98 Å². The summed E-state index contributed by atoms with van der Waals surface area (Å²) in [6, 6.07) is 9.45. The van der Waals surface area contributed by atoms with Gasteiger partial charge < -0.3 is 15.5 Å². The van der Waals surface area contributed by atoms with Crippen LogP contribution in [0.15, 0.2) is 47.6 Å². The fourth-order valence-electron chi connectivity index (χ4n) is 2.82. The van der Waals surface area contributed by atoms with Crippen molar-refractivity contribution in [3.8, 4) is 0 Å². The van der Waals surface area contributed by atoms with Crippen molar-refractivity contribution < 1.29 is 13.2 Å². The fourth-order valence-corrected chi connectivity index (χ4v) is 2.82. The number of hydrogen-bond donors (Lipinski definition) is 2. The molecule has 5 nitrogen and oxygen atoms in total. The molecule has 29 heavy (non-hydrogen) atoms. The lowest BCUT2D eigenvalue weighted by Gasteiger charge is -2.17. The van der Waals surface area contributed by atoms with E-state index in [2.05, 4.69) is 20.6 Å². The van der Waals surface area contributed by atoms with Crippen molar-refractivity contribution in [3.63, 3.8) is 0 Å². The number of rotatable bonds is 7. The number of nitrogens with zero attached hydrogens (tertiary/aromatic N) is 3. The minimum atomic E-state index is -4.32. The highest BCUT2D eigenvalue weighted by Gasteiger charge is 2.30. The maximum Gasteiger partial charge on any atom is 0.416 e. The maximum atomic E-state index is 12.9. The molecule has 2 rings (SSSR count). The zero-order valence-electron chi connectivity index (χ0n) is 17.2. The lowest BCUT2D eigenvalue weighted by atomic mass is 9.96. The number of aromatic nitrogens is 1. The summed E-state index contributed by atoms with van der Waals surface area (Å²) < 4.78 is 38.7. The standard InChI is InChI=1S/C21H28F3N5/c1-15(17-6-5-7-18(13-17)21(22,23)24)8-10-27-20(25-2)28-14-16-9-11-26-19(12-16)29(3)4/h5-7,9,11-13,15H,8,10,14H2,1-4H3,(H2,25,27,28). The molecule has 2 N–H and O–H groups in total. The van der Waals surface area contributed by atoms with Crippen molar-refractivity contribution in [1.29, 1.82) is 0 Å². The molecule has 1 aromatic carbocycles. The minimum absolute atomic E-state index is 0.00856. The molecule has 0 amide bonds. The van der Waals surface area contributed by atoms with E-state index in [1.54, 1.807) is 19.3 Å². The summed E-state index contributed by atoms with van der Waals surface area (Å²) in [5.74, 6) is 1.51. The van der Waals surface area contributed by atoms with Crippen molar-refractivity contribution >= 4 is 11.8 Å². The number of pyridine rings is 1. The van der Waals surface area contributed by atoms with Crippen LogP contribution in [0.3, 0.4) is 0 Å². The molecule has 0 aliphatic rings. The van der Waals surface area contributed by atoms with Gasteiger partial charge in [0.25, 0.3) is 0 Å². The first-order valence-electron chi connectivity index (χ1n) is 9.44. The first-order valence-corrected chi connectivity index (χ1v) is 9.44. The van der Waals surface area contributed by atoms with Gasteiger partial charge in [0.15, 0.2) is 5.96 Å². The molecule has 8 heteroatoms. The lowest BCUT2D eigenvalue weighted by molar-refractivity contribution is -0.137. The third-order valence-corrected chi connectivity index (χ3v) is 4.60. The molecule has 0 saturated heterocycles. The Morgan fingerprint density at radius 3 is 2.59 bits per heavy atom. The zero-order valence-corrected chi connectivity index (χ0v) is 17.2. The Kier molecular flexibility index (Phi) is 7.87. The molecule has 0 fully saturated rings. The Bertz CT molecular complexity index is 818. The molecular weight excluding hydrogens is 379 g/mol. The predicted octanol–water partition coefficient (Wildman–Crippen LogP) is 4.03. The van der Waals surface area contributed by atoms with Gasteiger partial charge in [0.1, 0.15) is 5.82 Å². The smallest absolute Gasteiger partial charge is 0.363 e. The Labute approximate surface area is 170 Å². The first-order chi connectivity index (χ1) is 13.7. The fraction of sp³-hybridized carbons (Fsp3) is 0.429. The molecule has 1 unspecified atom stereocenters. The molecule has 1 atom stereocenters. The average Bonchev–Trinajstić information content (AvgIpc) is 2.70. The second kappa shape index (κ2) is 10.1. The second-order valence-corrected chi connectivity index (χ2v) is 7.08. The first kappa shape index (κ1) is 22.5. The van der Waals surface area contributed by atoms with Gasteiger partial charge >= 0.3 is 6.18 Å². The van der Waals surface area contributed by atoms with Crippen LogP contribution in [0.5, 0.6) is 0 Å². The highest BCUT2D eigenvalue weighted by atomic mass is 19.4. The van der Waals surface area contributed by atoms with Gasteiger partial charge in [0.05, 0.1) is 5.56 Å². The Morgan fingerprint density at radius 2 is 1.93 bits per heavy atom. The molecule has 0 bridgehead atoms. The molecule has 1 aromatic heterocycles. The number of hydrogen-bond acceptors (Lipinski definition) is 3. The quantitative estimate of drug-likeness (QED) is 0.538. The number of aliphatic imine (C=N–C) groups is 1. The number of guanidine groups is 1. The molecule has 0 aliphatic carbocycles. The van der Waals surface area contributed by atoms with Crippen LogP contribution in [0.25, 0.3) is 0 Å². The van der Waals surface area contributed by atoms with E-state index in [0.29, 0.717) is 31.0 Å². The summed E-state index contributed by atoms with van der Waals surface area (Å²) in [7, 11) is 5.56. The summed E-state index contributed by atoms with van der Waals surface area (Å²) in [6.07, 6.45) is -1.87. The van der Waals surface area contributed by atoms with Crippen molar-refractivity contribution in [1.82, 2.24) is 15.6 Å². The molecule has 2 aromatic rings. The summed E-state index contributed by atoms with van der Waals surface area (Å²) in [4.78, 5) is 10.4. The van der Waals surface area contributed by atoms with Gasteiger partial charge in [-0.2, -0.15) is 13.2 Å². The van der Waals surface area contributed by atoms with Crippen LogP contribution in [-0.2, 0) is 12.7 Å². The summed E-state index contributed by atoms with van der Waals surface area (Å²) >= 11 is 0. The molecule has 0 spiro atoms. The van der Waals surface area contributed by atoms with E-state index in [-0.39, 0.29) is 5.92 Å². The SMILES string of the molecule is CN=C(NCCC(C)c1cccc(C(F)(F)F)c1)NCc1ccnc(N(C)C)c1. The van der Waals surface area contributed by atoms with Crippen molar-refractivity contribution in [2.75, 3.05) is 32.6 Å². The van der Waals surface area contributed by atoms with Gasteiger partial charge in [-0.05, 0) is 41.7 Å². The maximum absolute atomic E-state index is 12.9. The molecule has 0 aliphatic heterocycles. The highest BCUT2D eigenvalue weighted by Crippen LogP contribution is 2.31. The highest BCUT2D eigenvalue weighted by molar-refractivity contribution is 5.79. The number of anilines is 1. The monoisotopic (exact) mass is 407 g/mol. The Hall–Kier alpha value is -2.77. The lowest BCUT2D eigenvalue weighted by Crippen LogP contribution is -2.37. The molecule has 1 heterocycles. The largest absolute Gasteiger partial charge is 0.416 e. The third kappa shape index (κ3) is 6.96. The van der Waals surface area contributed by atoms with Crippen molar-refractivity contribution in [2.45, 2.75) is 32.0 Å². The van der Waals surface area contributed by atoms with Gasteiger partial charge in [0.2, 0.25) is 0 Å². The number of alkyl halides is 3. The van der Waals surface area contributed by atoms with E-state index in [4.69, 9.17) is 0 Å². The van der Waals surface area contributed by atoms with E-state index >= 15 is 0 Å². The van der Waals surface area contributed by atoms with Crippen LogP contribution in [-0.4, -0.2) is 38.6 Å². The van der Waals surface area contributed by atoms with Crippen molar-refractivity contribution in [3.05, 3.63) is 59.3 Å². The van der Waals surface area contributed by atoms with E-state index in [1.165, 1.54) is 12.1 Å². The van der Waals surface area contributed by atoms with Gasteiger partial charge in [-0.3, -0.25) is 4.99 Å². The summed E-state index contributed by atoms with van der Waals surface area (Å²) in [6.45, 7) is 3.11. The Balaban J connectivity index is 1.85. The van der Waals surface area contributed by atoms with Crippen LogP contribution < -0.4 is 15.5 Å². The van der Waals surface area contributed by atoms with Gasteiger partial charge in [-0.15, -0.1) is 0 Å². The molecule has 0 saturated carbocycles. The Morgan fingerprint density at radius 1 is 1.17 bits per heavy atom. The van der Waals surface area contributed by atoms with E-state index in [0.717, 1.165) is 17.4 Å². The number of benzene rings is 1. The molecule has 0 radical (unpaired) electrons. The second-order valence-electron chi connectivity index (χ2n) is 7.08. The summed E-state index contributed by atoms with van der Waals surface area (Å²) in [5.41, 5.74) is 1.14. The zero-order chi connectivity index (χ0) is 21.4. The van der Waals surface area contributed by atoms with Crippen LogP contribution in [0, 0.1) is 0 Å². The van der Waals surface area contributed by atoms with Crippen LogP contribution in [0.2, 0.25) is 0 Å². The van der Waals surface area contributed by atoms with Crippen LogP contribution in [0.1, 0.15) is 36.0 Å². The number of nitrogens with one attached hydrogen (secondary N) is 2. The average molecular weight is 407 g/mol. The summed E-state index contributed by atoms with van der Waals surface area (Å²) in [5, 5.41) is 6.45. The van der Waals surface area contributed by atoms with Crippen LogP contribution in [0.4, 0.5) is 19.0 Å². The van der Waals surface area contributed by atoms with Gasteiger partial charge in [0, 0.05) is 40.4 Å². The topological polar surface area (TPSA) is 52.6 Å². The molecular formula is C21H28F3N5. The third-order valence-electron chi connectivity index (χ3n) is 4.60. The predicted molar refractivity (Wildman–Crippen MR) is 111 cm³/mol. The molecule has 158 valence electrons. The van der Waals surface area contributed by atoms with E-state index < -0.39 is 11.7 Å². The van der Waals surface area contributed by atoms with Crippen LogP contribution >= 0.6 is 0 Å². The van der Waals surface area contributed by atoms with Gasteiger partial charge in [-0.1, -0.05) is 25.1 Å². The number of halogens is 3.